The van der Waals surface area contributed by atoms with Crippen molar-refractivity contribution >= 4 is 11.7 Å². The van der Waals surface area contributed by atoms with Gasteiger partial charge in [-0.2, -0.15) is 0 Å². The lowest BCUT2D eigenvalue weighted by Gasteiger charge is -2.43. The van der Waals surface area contributed by atoms with Crippen molar-refractivity contribution < 1.29 is 9.53 Å². The first-order chi connectivity index (χ1) is 12.7. The van der Waals surface area contributed by atoms with Crippen LogP contribution in [0.15, 0.2) is 48.5 Å². The van der Waals surface area contributed by atoms with Gasteiger partial charge in [0.25, 0.3) is 0 Å². The topological polar surface area (TPSA) is 53.6 Å². The largest absolute Gasteiger partial charge is 0.497 e. The number of fused-ring (bicyclic) bond motifs is 3. The molecule has 2 aromatic rings. The van der Waals surface area contributed by atoms with E-state index >= 15 is 0 Å². The van der Waals surface area contributed by atoms with E-state index < -0.39 is 0 Å². The molecule has 5 heteroatoms. The quantitative estimate of drug-likeness (QED) is 0.889. The molecule has 2 aliphatic rings. The van der Waals surface area contributed by atoms with E-state index in [0.717, 1.165) is 43.8 Å². The second kappa shape index (κ2) is 7.38. The summed E-state index contributed by atoms with van der Waals surface area (Å²) in [5.74, 6) is 0.777. The molecule has 1 fully saturated rings. The fourth-order valence-electron chi connectivity index (χ4n) is 4.11. The van der Waals surface area contributed by atoms with Gasteiger partial charge in [-0.1, -0.05) is 24.3 Å². The molecule has 0 bridgehead atoms. The number of ether oxygens (including phenoxy) is 1. The number of amides is 2. The number of hydrogen-bond acceptors (Lipinski definition) is 3. The summed E-state index contributed by atoms with van der Waals surface area (Å²) in [5, 5.41) is 6.06. The van der Waals surface area contributed by atoms with Crippen molar-refractivity contribution in [3.05, 3.63) is 59.7 Å². The number of hydrogen-bond donors (Lipinski definition) is 2. The van der Waals surface area contributed by atoms with Crippen molar-refractivity contribution in [2.75, 3.05) is 25.5 Å². The average Bonchev–Trinajstić information content (AvgIpc) is 2.68. The summed E-state index contributed by atoms with van der Waals surface area (Å²) in [5.41, 5.74) is 3.65. The van der Waals surface area contributed by atoms with Gasteiger partial charge < -0.3 is 15.4 Å². The van der Waals surface area contributed by atoms with Gasteiger partial charge >= 0.3 is 6.03 Å². The summed E-state index contributed by atoms with van der Waals surface area (Å²) < 4.78 is 5.14. The SMILES string of the molecule is COc1ccc(NC(=O)NC2CCN3CCc4ccccc4C3C2)cc1. The Bertz CT molecular complexity index is 775. The first-order valence-corrected chi connectivity index (χ1v) is 9.26. The lowest BCUT2D eigenvalue weighted by molar-refractivity contribution is 0.118. The van der Waals surface area contributed by atoms with Crippen molar-refractivity contribution in [1.29, 1.82) is 0 Å². The van der Waals surface area contributed by atoms with Gasteiger partial charge in [-0.15, -0.1) is 0 Å². The van der Waals surface area contributed by atoms with Crippen LogP contribution in [0.3, 0.4) is 0 Å². The molecule has 2 atom stereocenters. The van der Waals surface area contributed by atoms with Crippen LogP contribution in [0, 0.1) is 0 Å². The molecule has 26 heavy (non-hydrogen) atoms. The Morgan fingerprint density at radius 2 is 1.92 bits per heavy atom. The minimum atomic E-state index is -0.141. The van der Waals surface area contributed by atoms with Crippen LogP contribution in [0.4, 0.5) is 10.5 Å². The molecule has 2 unspecified atom stereocenters. The van der Waals surface area contributed by atoms with E-state index in [4.69, 9.17) is 4.74 Å². The molecule has 2 N–H and O–H groups in total. The minimum Gasteiger partial charge on any atom is -0.497 e. The summed E-state index contributed by atoms with van der Waals surface area (Å²) in [6.45, 7) is 2.15. The molecule has 1 saturated heterocycles. The highest BCUT2D eigenvalue weighted by atomic mass is 16.5. The highest BCUT2D eigenvalue weighted by Gasteiger charge is 2.33. The lowest BCUT2D eigenvalue weighted by Crippen LogP contribution is -2.49. The van der Waals surface area contributed by atoms with Crippen molar-refractivity contribution in [2.45, 2.75) is 31.3 Å². The molecule has 0 spiro atoms. The Morgan fingerprint density at radius 1 is 1.12 bits per heavy atom. The van der Waals surface area contributed by atoms with E-state index in [1.165, 1.54) is 11.1 Å². The van der Waals surface area contributed by atoms with Gasteiger partial charge in [0.1, 0.15) is 5.75 Å². The first kappa shape index (κ1) is 16.9. The van der Waals surface area contributed by atoms with Gasteiger partial charge in [0, 0.05) is 30.9 Å². The van der Waals surface area contributed by atoms with Crippen molar-refractivity contribution in [1.82, 2.24) is 10.2 Å². The van der Waals surface area contributed by atoms with Crippen LogP contribution in [-0.2, 0) is 6.42 Å². The van der Waals surface area contributed by atoms with E-state index in [1.54, 1.807) is 7.11 Å². The van der Waals surface area contributed by atoms with Gasteiger partial charge in [0.15, 0.2) is 0 Å². The number of carbonyl (C=O) groups excluding carboxylic acids is 1. The van der Waals surface area contributed by atoms with E-state index in [9.17, 15) is 4.79 Å². The number of carbonyl (C=O) groups is 1. The van der Waals surface area contributed by atoms with E-state index in [1.807, 2.05) is 24.3 Å². The first-order valence-electron chi connectivity index (χ1n) is 9.26. The number of nitrogens with one attached hydrogen (secondary N) is 2. The normalized spacial score (nSPS) is 22.0. The third-order valence-corrected chi connectivity index (χ3v) is 5.48. The number of nitrogens with zero attached hydrogens (tertiary/aromatic N) is 1. The molecule has 0 saturated carbocycles. The highest BCUT2D eigenvalue weighted by molar-refractivity contribution is 5.89. The Balaban J connectivity index is 1.38. The highest BCUT2D eigenvalue weighted by Crippen LogP contribution is 2.36. The van der Waals surface area contributed by atoms with Crippen LogP contribution in [0.5, 0.6) is 5.75 Å². The minimum absolute atomic E-state index is 0.141. The Hall–Kier alpha value is -2.53. The Kier molecular flexibility index (Phi) is 4.80. The monoisotopic (exact) mass is 351 g/mol. The number of rotatable bonds is 3. The maximum absolute atomic E-state index is 12.4. The molecule has 2 heterocycles. The maximum atomic E-state index is 12.4. The number of methoxy groups -OCH3 is 1. The van der Waals surface area contributed by atoms with Crippen LogP contribution in [0.2, 0.25) is 0 Å². The van der Waals surface area contributed by atoms with Crippen LogP contribution in [0.25, 0.3) is 0 Å². The molecule has 4 rings (SSSR count). The second-order valence-electron chi connectivity index (χ2n) is 7.05. The third-order valence-electron chi connectivity index (χ3n) is 5.48. The van der Waals surface area contributed by atoms with Crippen molar-refractivity contribution in [3.63, 3.8) is 0 Å². The summed E-state index contributed by atoms with van der Waals surface area (Å²) in [6, 6.07) is 16.6. The van der Waals surface area contributed by atoms with Gasteiger partial charge in [0.2, 0.25) is 0 Å². The van der Waals surface area contributed by atoms with Crippen LogP contribution >= 0.6 is 0 Å². The molecule has 0 aromatic heterocycles. The van der Waals surface area contributed by atoms with Crippen LogP contribution in [0.1, 0.15) is 30.0 Å². The van der Waals surface area contributed by atoms with Crippen molar-refractivity contribution in [3.8, 4) is 5.75 Å². The summed E-state index contributed by atoms with van der Waals surface area (Å²) in [6.07, 6.45) is 3.09. The van der Waals surface area contributed by atoms with E-state index in [-0.39, 0.29) is 12.1 Å². The van der Waals surface area contributed by atoms with Gasteiger partial charge in [-0.05, 0) is 54.7 Å². The summed E-state index contributed by atoms with van der Waals surface area (Å²) in [4.78, 5) is 14.9. The maximum Gasteiger partial charge on any atom is 0.319 e. The summed E-state index contributed by atoms with van der Waals surface area (Å²) in [7, 11) is 1.63. The lowest BCUT2D eigenvalue weighted by atomic mass is 9.85. The number of anilines is 1. The van der Waals surface area contributed by atoms with Crippen LogP contribution < -0.4 is 15.4 Å². The van der Waals surface area contributed by atoms with Crippen molar-refractivity contribution in [2.24, 2.45) is 0 Å². The smallest absolute Gasteiger partial charge is 0.319 e. The molecule has 5 nitrogen and oxygen atoms in total. The molecule has 2 aromatic carbocycles. The fourth-order valence-corrected chi connectivity index (χ4v) is 4.11. The van der Waals surface area contributed by atoms with E-state index in [2.05, 4.69) is 39.8 Å². The van der Waals surface area contributed by atoms with E-state index in [0.29, 0.717) is 6.04 Å². The fraction of sp³-hybridized carbons (Fsp3) is 0.381. The molecule has 2 amide bonds. The molecule has 0 radical (unpaired) electrons. The zero-order valence-electron chi connectivity index (χ0n) is 15.1. The van der Waals surface area contributed by atoms with Crippen LogP contribution in [-0.4, -0.2) is 37.2 Å². The third kappa shape index (κ3) is 3.53. The number of benzene rings is 2. The average molecular weight is 351 g/mol. The Labute approximate surface area is 154 Å². The Morgan fingerprint density at radius 3 is 2.73 bits per heavy atom. The van der Waals surface area contributed by atoms with Gasteiger partial charge in [-0.25, -0.2) is 4.79 Å². The molecular weight excluding hydrogens is 326 g/mol. The summed E-state index contributed by atoms with van der Waals surface area (Å²) >= 11 is 0. The predicted molar refractivity (Wildman–Crippen MR) is 103 cm³/mol. The predicted octanol–water partition coefficient (Wildman–Crippen LogP) is 3.58. The number of urea groups is 1. The molecule has 136 valence electrons. The molecule has 0 aliphatic carbocycles. The molecular formula is C21H25N3O2. The standard InChI is InChI=1S/C21H25N3O2/c1-26-18-8-6-16(7-9-18)22-21(25)23-17-11-13-24-12-10-15-4-2-3-5-19(15)20(24)14-17/h2-9,17,20H,10-14H2,1H3,(H2,22,23,25). The zero-order valence-corrected chi connectivity index (χ0v) is 15.1. The molecule has 2 aliphatic heterocycles. The zero-order chi connectivity index (χ0) is 17.9. The second-order valence-corrected chi connectivity index (χ2v) is 7.05. The number of piperidine rings is 1. The van der Waals surface area contributed by atoms with Gasteiger partial charge in [-0.3, -0.25) is 4.90 Å². The van der Waals surface area contributed by atoms with Gasteiger partial charge in [0.05, 0.1) is 7.11 Å².